The third kappa shape index (κ3) is 1.88. The number of hydrogen-bond donors (Lipinski definition) is 0. The lowest BCUT2D eigenvalue weighted by molar-refractivity contribution is 0.0535. The lowest BCUT2D eigenvalue weighted by Crippen LogP contribution is -1.92. The average molecular weight is 238 g/mol. The van der Waals surface area contributed by atoms with Crippen molar-refractivity contribution in [3.8, 4) is 0 Å². The predicted octanol–water partition coefficient (Wildman–Crippen LogP) is 2.50. The fourth-order valence-electron chi connectivity index (χ4n) is 1.85. The fraction of sp³-hybridized carbons (Fsp3) is 0.0714. The Hall–Kier alpha value is -2.49. The van der Waals surface area contributed by atoms with E-state index in [0.717, 1.165) is 16.8 Å². The Balaban J connectivity index is 1.95. The van der Waals surface area contributed by atoms with Gasteiger partial charge in [-0.3, -0.25) is 9.98 Å². The van der Waals surface area contributed by atoms with Crippen molar-refractivity contribution in [2.75, 3.05) is 0 Å². The summed E-state index contributed by atoms with van der Waals surface area (Å²) >= 11 is 0. The van der Waals surface area contributed by atoms with Crippen molar-refractivity contribution in [3.63, 3.8) is 0 Å². The highest BCUT2D eigenvalue weighted by Gasteiger charge is 2.22. The number of carbonyl (C=O) groups excluding carboxylic acids is 1. The average Bonchev–Trinajstić information content (AvgIpc) is 2.80. The molecule has 0 bridgehead atoms. The monoisotopic (exact) mass is 238 g/mol. The number of cyclic esters (lactones) is 1. The minimum atomic E-state index is -0.272. The first-order chi connectivity index (χ1) is 8.84. The summed E-state index contributed by atoms with van der Waals surface area (Å²) < 4.78 is 4.99. The van der Waals surface area contributed by atoms with Gasteiger partial charge >= 0.3 is 5.97 Å². The standard InChI is InChI=1S/C14H10N2O2/c17-14-11-2-1-3-13(12(11)9-18-14)16-8-10-4-6-15-7-5-10/h1-8H,9H2. The molecule has 3 rings (SSSR count). The molecule has 0 atom stereocenters. The maximum absolute atomic E-state index is 11.4. The summed E-state index contributed by atoms with van der Waals surface area (Å²) in [5, 5.41) is 0. The van der Waals surface area contributed by atoms with Crippen LogP contribution in [0.1, 0.15) is 21.5 Å². The number of esters is 1. The van der Waals surface area contributed by atoms with Crippen molar-refractivity contribution >= 4 is 17.9 Å². The number of pyridine rings is 1. The lowest BCUT2D eigenvalue weighted by Gasteiger charge is -1.99. The van der Waals surface area contributed by atoms with Crippen LogP contribution in [0.5, 0.6) is 0 Å². The number of carbonyl (C=O) groups is 1. The van der Waals surface area contributed by atoms with Gasteiger partial charge in [0.2, 0.25) is 0 Å². The van der Waals surface area contributed by atoms with Crippen LogP contribution in [0.2, 0.25) is 0 Å². The SMILES string of the molecule is O=C1OCc2c(N=Cc3ccncc3)cccc21. The minimum absolute atomic E-state index is 0.272. The molecule has 1 aliphatic heterocycles. The molecule has 1 aliphatic rings. The zero-order chi connectivity index (χ0) is 12.4. The first-order valence-corrected chi connectivity index (χ1v) is 5.58. The van der Waals surface area contributed by atoms with Gasteiger partial charge in [0.25, 0.3) is 0 Å². The summed E-state index contributed by atoms with van der Waals surface area (Å²) in [4.78, 5) is 19.7. The molecule has 0 radical (unpaired) electrons. The number of nitrogens with zero attached hydrogens (tertiary/aromatic N) is 2. The summed E-state index contributed by atoms with van der Waals surface area (Å²) in [7, 11) is 0. The molecule has 18 heavy (non-hydrogen) atoms. The van der Waals surface area contributed by atoms with E-state index in [9.17, 15) is 4.79 Å². The zero-order valence-electron chi connectivity index (χ0n) is 9.54. The van der Waals surface area contributed by atoms with Crippen molar-refractivity contribution in [2.45, 2.75) is 6.61 Å². The van der Waals surface area contributed by atoms with Crippen LogP contribution in [0.4, 0.5) is 5.69 Å². The van der Waals surface area contributed by atoms with E-state index in [1.165, 1.54) is 0 Å². The molecule has 2 heterocycles. The van der Waals surface area contributed by atoms with Gasteiger partial charge in [0.05, 0.1) is 11.3 Å². The third-order valence-corrected chi connectivity index (χ3v) is 2.78. The van der Waals surface area contributed by atoms with E-state index < -0.39 is 0 Å². The van der Waals surface area contributed by atoms with E-state index in [1.54, 1.807) is 24.7 Å². The third-order valence-electron chi connectivity index (χ3n) is 2.78. The maximum atomic E-state index is 11.4. The summed E-state index contributed by atoms with van der Waals surface area (Å²) in [5.74, 6) is -0.272. The Morgan fingerprint density at radius 1 is 1.22 bits per heavy atom. The number of aromatic nitrogens is 1. The molecule has 88 valence electrons. The second kappa shape index (κ2) is 4.41. The highest BCUT2D eigenvalue weighted by atomic mass is 16.5. The van der Waals surface area contributed by atoms with Gasteiger partial charge in [0.15, 0.2) is 0 Å². The number of ether oxygens (including phenoxy) is 1. The number of hydrogen-bond acceptors (Lipinski definition) is 4. The highest BCUT2D eigenvalue weighted by molar-refractivity contribution is 5.95. The second-order valence-corrected chi connectivity index (χ2v) is 3.92. The zero-order valence-corrected chi connectivity index (χ0v) is 9.54. The normalized spacial score (nSPS) is 13.7. The van der Waals surface area contributed by atoms with Gasteiger partial charge in [-0.15, -0.1) is 0 Å². The van der Waals surface area contributed by atoms with Crippen molar-refractivity contribution in [1.29, 1.82) is 0 Å². The van der Waals surface area contributed by atoms with Crippen molar-refractivity contribution in [2.24, 2.45) is 4.99 Å². The molecule has 0 saturated heterocycles. The van der Waals surface area contributed by atoms with Gasteiger partial charge in [0.1, 0.15) is 6.61 Å². The molecule has 0 aliphatic carbocycles. The van der Waals surface area contributed by atoms with Crippen LogP contribution in [0.3, 0.4) is 0 Å². The number of fused-ring (bicyclic) bond motifs is 1. The highest BCUT2D eigenvalue weighted by Crippen LogP contribution is 2.29. The number of rotatable bonds is 2. The molecular weight excluding hydrogens is 228 g/mol. The van der Waals surface area contributed by atoms with Crippen LogP contribution in [0.25, 0.3) is 0 Å². The molecule has 0 N–H and O–H groups in total. The number of benzene rings is 1. The molecule has 0 saturated carbocycles. The van der Waals surface area contributed by atoms with Crippen LogP contribution >= 0.6 is 0 Å². The first kappa shape index (κ1) is 10.7. The Labute approximate surface area is 104 Å². The largest absolute Gasteiger partial charge is 0.457 e. The van der Waals surface area contributed by atoms with Gasteiger partial charge in [-0.1, -0.05) is 6.07 Å². The molecule has 4 heteroatoms. The fourth-order valence-corrected chi connectivity index (χ4v) is 1.85. The molecule has 0 amide bonds. The molecule has 0 spiro atoms. The Morgan fingerprint density at radius 3 is 2.89 bits per heavy atom. The van der Waals surface area contributed by atoms with Gasteiger partial charge in [-0.05, 0) is 29.8 Å². The number of aliphatic imine (C=N–C) groups is 1. The lowest BCUT2D eigenvalue weighted by atomic mass is 10.1. The van der Waals surface area contributed by atoms with Crippen LogP contribution in [0.15, 0.2) is 47.7 Å². The van der Waals surface area contributed by atoms with E-state index in [1.807, 2.05) is 24.3 Å². The minimum Gasteiger partial charge on any atom is -0.457 e. The van der Waals surface area contributed by atoms with Crippen LogP contribution in [-0.4, -0.2) is 17.2 Å². The van der Waals surface area contributed by atoms with Crippen LogP contribution in [-0.2, 0) is 11.3 Å². The summed E-state index contributed by atoms with van der Waals surface area (Å²) in [6.07, 6.45) is 5.17. The Morgan fingerprint density at radius 2 is 2.06 bits per heavy atom. The van der Waals surface area contributed by atoms with E-state index in [2.05, 4.69) is 9.98 Å². The van der Waals surface area contributed by atoms with Crippen molar-refractivity contribution in [1.82, 2.24) is 4.98 Å². The molecule has 2 aromatic rings. The molecule has 4 nitrogen and oxygen atoms in total. The molecule has 1 aromatic heterocycles. The quantitative estimate of drug-likeness (QED) is 0.596. The summed E-state index contributed by atoms with van der Waals surface area (Å²) in [6, 6.07) is 9.18. The van der Waals surface area contributed by atoms with Gasteiger partial charge in [-0.2, -0.15) is 0 Å². The molecule has 0 fully saturated rings. The second-order valence-electron chi connectivity index (χ2n) is 3.92. The van der Waals surface area contributed by atoms with E-state index in [4.69, 9.17) is 4.74 Å². The summed E-state index contributed by atoms with van der Waals surface area (Å²) in [5.41, 5.74) is 3.20. The molecular formula is C14H10N2O2. The Bertz CT molecular complexity index is 621. The van der Waals surface area contributed by atoms with E-state index >= 15 is 0 Å². The molecule has 1 aromatic carbocycles. The first-order valence-electron chi connectivity index (χ1n) is 5.58. The Kier molecular flexibility index (Phi) is 2.61. The predicted molar refractivity (Wildman–Crippen MR) is 67.1 cm³/mol. The van der Waals surface area contributed by atoms with E-state index in [0.29, 0.717) is 12.2 Å². The summed E-state index contributed by atoms with van der Waals surface area (Å²) in [6.45, 7) is 0.304. The smallest absolute Gasteiger partial charge is 0.338 e. The van der Waals surface area contributed by atoms with Crippen molar-refractivity contribution < 1.29 is 9.53 Å². The van der Waals surface area contributed by atoms with Crippen LogP contribution < -0.4 is 0 Å². The molecule has 0 unspecified atom stereocenters. The van der Waals surface area contributed by atoms with Crippen LogP contribution in [0, 0.1) is 0 Å². The van der Waals surface area contributed by atoms with Crippen molar-refractivity contribution in [3.05, 3.63) is 59.4 Å². The van der Waals surface area contributed by atoms with E-state index in [-0.39, 0.29) is 5.97 Å². The maximum Gasteiger partial charge on any atom is 0.338 e. The topological polar surface area (TPSA) is 51.5 Å². The van der Waals surface area contributed by atoms with Gasteiger partial charge in [-0.25, -0.2) is 4.79 Å². The van der Waals surface area contributed by atoms with Gasteiger partial charge < -0.3 is 4.74 Å². The van der Waals surface area contributed by atoms with Gasteiger partial charge in [0, 0.05) is 24.2 Å².